The topological polar surface area (TPSA) is 85.2 Å². The zero-order valence-corrected chi connectivity index (χ0v) is 20.7. The molecular weight excluding hydrogens is 524 g/mol. The molecule has 1 saturated carbocycles. The fourth-order valence-corrected chi connectivity index (χ4v) is 6.52. The van der Waals surface area contributed by atoms with Crippen LogP contribution in [-0.2, 0) is 20.7 Å². The highest BCUT2D eigenvalue weighted by molar-refractivity contribution is 9.10. The van der Waals surface area contributed by atoms with Crippen molar-refractivity contribution in [3.63, 3.8) is 0 Å². The minimum atomic E-state index is -2.06. The number of rotatable bonds is 4. The highest BCUT2D eigenvalue weighted by Crippen LogP contribution is 2.69. The number of hydrogen-bond donors (Lipinski definition) is 2. The highest BCUT2D eigenvalue weighted by atomic mass is 79.9. The lowest BCUT2D eigenvalue weighted by atomic mass is 9.70. The number of ether oxygens (including phenoxy) is 3. The fraction of sp³-hybridized carbons (Fsp3) is 0.269. The molecule has 0 unspecified atom stereocenters. The first-order chi connectivity index (χ1) is 16.3. The molecule has 2 aliphatic rings. The maximum atomic E-state index is 13.1. The Morgan fingerprint density at radius 2 is 1.76 bits per heavy atom. The Morgan fingerprint density at radius 1 is 1.09 bits per heavy atom. The van der Waals surface area contributed by atoms with Gasteiger partial charge in [-0.05, 0) is 35.4 Å². The van der Waals surface area contributed by atoms with E-state index in [1.807, 2.05) is 30.3 Å². The normalized spacial score (nSPS) is 29.2. The van der Waals surface area contributed by atoms with Crippen LogP contribution in [0.3, 0.4) is 0 Å². The van der Waals surface area contributed by atoms with Crippen molar-refractivity contribution in [2.24, 2.45) is 5.92 Å². The molecule has 6 nitrogen and oxygen atoms in total. The van der Waals surface area contributed by atoms with Gasteiger partial charge in [0.15, 0.2) is 11.2 Å². The summed E-state index contributed by atoms with van der Waals surface area (Å²) < 4.78 is 17.7. The first kappa shape index (κ1) is 23.2. The molecule has 5 atom stereocenters. The molecule has 3 aromatic rings. The highest BCUT2D eigenvalue weighted by Gasteiger charge is 2.78. The summed E-state index contributed by atoms with van der Waals surface area (Å²) in [5.41, 5.74) is -2.17. The van der Waals surface area contributed by atoms with Gasteiger partial charge >= 0.3 is 5.97 Å². The number of aliphatic hydroxyl groups is 2. The predicted molar refractivity (Wildman–Crippen MR) is 129 cm³/mol. The first-order valence-electron chi connectivity index (χ1n) is 10.7. The maximum absolute atomic E-state index is 13.1. The zero-order valence-electron chi connectivity index (χ0n) is 18.4. The van der Waals surface area contributed by atoms with Gasteiger partial charge in [-0.1, -0.05) is 70.0 Å². The van der Waals surface area contributed by atoms with Crippen LogP contribution in [0.25, 0.3) is 0 Å². The molecule has 1 heterocycles. The van der Waals surface area contributed by atoms with E-state index >= 15 is 0 Å². The number of benzene rings is 3. The van der Waals surface area contributed by atoms with Crippen molar-refractivity contribution in [1.29, 1.82) is 0 Å². The molecule has 0 spiro atoms. The molecule has 0 saturated heterocycles. The van der Waals surface area contributed by atoms with E-state index in [0.717, 1.165) is 0 Å². The molecule has 1 aliphatic heterocycles. The molecule has 34 heavy (non-hydrogen) atoms. The van der Waals surface area contributed by atoms with Crippen molar-refractivity contribution in [3.05, 3.63) is 92.9 Å². The lowest BCUT2D eigenvalue weighted by Gasteiger charge is -2.40. The minimum Gasteiger partial charge on any atom is -0.497 e. The van der Waals surface area contributed by atoms with Gasteiger partial charge in [-0.15, -0.1) is 0 Å². The van der Waals surface area contributed by atoms with Crippen molar-refractivity contribution in [2.75, 3.05) is 14.2 Å². The van der Waals surface area contributed by atoms with Crippen LogP contribution in [0.15, 0.2) is 71.2 Å². The number of halogens is 2. The van der Waals surface area contributed by atoms with E-state index in [1.54, 1.807) is 43.5 Å². The summed E-state index contributed by atoms with van der Waals surface area (Å²) in [5.74, 6) is -1.67. The Labute approximate surface area is 210 Å². The summed E-state index contributed by atoms with van der Waals surface area (Å²) in [5, 5.41) is 24.4. The number of esters is 1. The van der Waals surface area contributed by atoms with Gasteiger partial charge in [0.1, 0.15) is 17.6 Å². The monoisotopic (exact) mass is 544 g/mol. The summed E-state index contributed by atoms with van der Waals surface area (Å²) in [6.45, 7) is 0. The van der Waals surface area contributed by atoms with Crippen LogP contribution in [0.4, 0.5) is 0 Å². The van der Waals surface area contributed by atoms with Gasteiger partial charge in [0.05, 0.1) is 30.7 Å². The van der Waals surface area contributed by atoms with Crippen LogP contribution in [0.2, 0.25) is 5.02 Å². The standard InChI is InChI=1S/C26H22BrClO6/c1-32-17-10-8-15(9-11-17)26-21(14-6-4-3-5-7-14)20(24(30)33-2)23(29)25(26,31)22-18(28)12-16(27)13-19(22)34-26/h3-13,20-21,23,29,31H,1-2H3/t20-,21-,23-,25+,26+/m1/s1. The summed E-state index contributed by atoms with van der Waals surface area (Å²) >= 11 is 10.1. The van der Waals surface area contributed by atoms with Gasteiger partial charge in [-0.25, -0.2) is 0 Å². The number of carbonyl (C=O) groups is 1. The molecule has 176 valence electrons. The Morgan fingerprint density at radius 3 is 2.38 bits per heavy atom. The predicted octanol–water partition coefficient (Wildman–Crippen LogP) is 4.53. The van der Waals surface area contributed by atoms with E-state index in [9.17, 15) is 15.0 Å². The van der Waals surface area contributed by atoms with E-state index in [0.29, 0.717) is 27.1 Å². The third-order valence-corrected chi connectivity index (χ3v) is 7.71. The second-order valence-electron chi connectivity index (χ2n) is 8.48. The number of fused-ring (bicyclic) bond motifs is 3. The lowest BCUT2D eigenvalue weighted by Crippen LogP contribution is -2.52. The number of methoxy groups -OCH3 is 2. The van der Waals surface area contributed by atoms with Crippen LogP contribution in [-0.4, -0.2) is 36.5 Å². The third kappa shape index (κ3) is 2.97. The molecule has 5 rings (SSSR count). The third-order valence-electron chi connectivity index (χ3n) is 6.95. The minimum absolute atomic E-state index is 0.207. The van der Waals surface area contributed by atoms with E-state index < -0.39 is 35.1 Å². The van der Waals surface area contributed by atoms with Gasteiger partial charge in [0.25, 0.3) is 0 Å². The molecule has 8 heteroatoms. The van der Waals surface area contributed by atoms with E-state index in [-0.39, 0.29) is 10.6 Å². The summed E-state index contributed by atoms with van der Waals surface area (Å²) in [6.07, 6.45) is -1.58. The van der Waals surface area contributed by atoms with Crippen molar-refractivity contribution in [1.82, 2.24) is 0 Å². The Hall–Kier alpha value is -2.58. The van der Waals surface area contributed by atoms with E-state index in [2.05, 4.69) is 15.9 Å². The SMILES string of the molecule is COC(=O)[C@H]1[C@@H](O)[C@@]2(O)c3c(Cl)cc(Br)cc3O[C@@]2(c2ccc(OC)cc2)[C@@H]1c1ccccc1. The number of carbonyl (C=O) groups excluding carboxylic acids is 1. The summed E-state index contributed by atoms with van der Waals surface area (Å²) in [4.78, 5) is 13.1. The van der Waals surface area contributed by atoms with Crippen molar-refractivity contribution >= 4 is 33.5 Å². The summed E-state index contributed by atoms with van der Waals surface area (Å²) in [7, 11) is 2.82. The molecule has 0 amide bonds. The molecule has 0 bridgehead atoms. The Balaban J connectivity index is 1.88. The average molecular weight is 546 g/mol. The molecule has 1 aliphatic carbocycles. The van der Waals surface area contributed by atoms with Crippen LogP contribution in [0.5, 0.6) is 11.5 Å². The van der Waals surface area contributed by atoms with Crippen molar-refractivity contribution in [3.8, 4) is 11.5 Å². The average Bonchev–Trinajstić information content (AvgIpc) is 3.22. The van der Waals surface area contributed by atoms with Crippen molar-refractivity contribution in [2.45, 2.75) is 23.2 Å². The van der Waals surface area contributed by atoms with Gasteiger partial charge in [0.2, 0.25) is 0 Å². The van der Waals surface area contributed by atoms with Crippen LogP contribution in [0.1, 0.15) is 22.6 Å². The smallest absolute Gasteiger partial charge is 0.312 e. The van der Waals surface area contributed by atoms with Gasteiger partial charge in [-0.2, -0.15) is 0 Å². The largest absolute Gasteiger partial charge is 0.497 e. The van der Waals surface area contributed by atoms with Crippen molar-refractivity contribution < 1.29 is 29.2 Å². The second kappa shape index (κ2) is 8.27. The van der Waals surface area contributed by atoms with Crippen LogP contribution in [0, 0.1) is 5.92 Å². The summed E-state index contributed by atoms with van der Waals surface area (Å²) in [6, 6.07) is 19.5. The molecule has 3 aromatic carbocycles. The molecule has 2 N–H and O–H groups in total. The van der Waals surface area contributed by atoms with Crippen LogP contribution < -0.4 is 9.47 Å². The van der Waals surface area contributed by atoms with Crippen LogP contribution >= 0.6 is 27.5 Å². The second-order valence-corrected chi connectivity index (χ2v) is 9.80. The molecular formula is C26H22BrClO6. The molecule has 1 fully saturated rings. The van der Waals surface area contributed by atoms with Gasteiger partial charge in [0, 0.05) is 10.4 Å². The van der Waals surface area contributed by atoms with E-state index in [1.165, 1.54) is 7.11 Å². The number of aliphatic hydroxyl groups excluding tert-OH is 1. The van der Waals surface area contributed by atoms with E-state index in [4.69, 9.17) is 25.8 Å². The first-order valence-corrected chi connectivity index (χ1v) is 11.8. The Bertz CT molecular complexity index is 1250. The molecule has 0 radical (unpaired) electrons. The number of hydrogen-bond acceptors (Lipinski definition) is 6. The maximum Gasteiger partial charge on any atom is 0.312 e. The van der Waals surface area contributed by atoms with Gasteiger partial charge in [-0.3, -0.25) is 4.79 Å². The molecule has 0 aromatic heterocycles. The lowest BCUT2D eigenvalue weighted by molar-refractivity contribution is -0.161. The van der Waals surface area contributed by atoms with Gasteiger partial charge < -0.3 is 24.4 Å². The Kier molecular flexibility index (Phi) is 5.64. The zero-order chi connectivity index (χ0) is 24.3. The quantitative estimate of drug-likeness (QED) is 0.469. The fourth-order valence-electron chi connectivity index (χ4n) is 5.60.